The lowest BCUT2D eigenvalue weighted by molar-refractivity contribution is 0.262. The molecule has 2 amide bonds. The van der Waals surface area contributed by atoms with Crippen molar-refractivity contribution in [2.45, 2.75) is 0 Å². The van der Waals surface area contributed by atoms with Crippen LogP contribution in [0.1, 0.15) is 0 Å². The van der Waals surface area contributed by atoms with Crippen LogP contribution >= 0.6 is 34.8 Å². The highest BCUT2D eigenvalue weighted by molar-refractivity contribution is 6.42. The van der Waals surface area contributed by atoms with Crippen LogP contribution in [0.5, 0.6) is 5.75 Å². The third-order valence-corrected chi connectivity index (χ3v) is 3.50. The van der Waals surface area contributed by atoms with Crippen molar-refractivity contribution >= 4 is 52.2 Å². The van der Waals surface area contributed by atoms with E-state index in [4.69, 9.17) is 39.5 Å². The third-order valence-electron chi connectivity index (χ3n) is 2.54. The molecule has 0 aliphatic heterocycles. The largest absolute Gasteiger partial charge is 0.497 e. The van der Waals surface area contributed by atoms with Crippen LogP contribution < -0.4 is 15.4 Å². The summed E-state index contributed by atoms with van der Waals surface area (Å²) >= 11 is 17.6. The summed E-state index contributed by atoms with van der Waals surface area (Å²) in [7, 11) is 1.52. The summed E-state index contributed by atoms with van der Waals surface area (Å²) < 4.78 is 5.08. The van der Waals surface area contributed by atoms with Crippen molar-refractivity contribution in [1.82, 2.24) is 0 Å². The Morgan fingerprint density at radius 3 is 2.33 bits per heavy atom. The minimum absolute atomic E-state index is 0.360. The molecule has 0 saturated carbocycles. The van der Waals surface area contributed by atoms with Gasteiger partial charge in [0.2, 0.25) is 0 Å². The van der Waals surface area contributed by atoms with Gasteiger partial charge in [0.05, 0.1) is 17.2 Å². The molecule has 0 saturated heterocycles. The highest BCUT2D eigenvalue weighted by atomic mass is 35.5. The summed E-state index contributed by atoms with van der Waals surface area (Å²) in [6.07, 6.45) is 0. The van der Waals surface area contributed by atoms with Gasteiger partial charge in [-0.2, -0.15) is 0 Å². The molecule has 21 heavy (non-hydrogen) atoms. The van der Waals surface area contributed by atoms with E-state index in [1.807, 2.05) is 0 Å². The predicted octanol–water partition coefficient (Wildman–Crippen LogP) is 5.30. The molecule has 0 aromatic heterocycles. The molecule has 0 unspecified atom stereocenters. The maximum atomic E-state index is 11.9. The van der Waals surface area contributed by atoms with Crippen molar-refractivity contribution in [3.8, 4) is 5.75 Å². The average molecular weight is 346 g/mol. The molecule has 0 atom stereocenters. The van der Waals surface area contributed by atoms with Crippen LogP contribution in [0.2, 0.25) is 15.1 Å². The van der Waals surface area contributed by atoms with Crippen molar-refractivity contribution in [3.63, 3.8) is 0 Å². The number of anilines is 2. The molecule has 0 heterocycles. The van der Waals surface area contributed by atoms with Crippen LogP contribution in [-0.4, -0.2) is 13.1 Å². The standard InChI is InChI=1S/C14H11Cl3N2O2/c1-21-11-5-8(15)4-10(6-11)19-14(20)18-9-2-3-12(16)13(17)7-9/h2-7H,1H3,(H2,18,19,20). The van der Waals surface area contributed by atoms with E-state index < -0.39 is 6.03 Å². The van der Waals surface area contributed by atoms with Crippen molar-refractivity contribution in [3.05, 3.63) is 51.5 Å². The Bertz CT molecular complexity index is 677. The van der Waals surface area contributed by atoms with E-state index in [0.717, 1.165) is 0 Å². The van der Waals surface area contributed by atoms with Crippen molar-refractivity contribution in [2.24, 2.45) is 0 Å². The van der Waals surface area contributed by atoms with Gasteiger partial charge >= 0.3 is 6.03 Å². The smallest absolute Gasteiger partial charge is 0.323 e. The topological polar surface area (TPSA) is 50.4 Å². The van der Waals surface area contributed by atoms with E-state index in [0.29, 0.717) is 32.2 Å². The first-order valence-corrected chi connectivity index (χ1v) is 6.99. The van der Waals surface area contributed by atoms with Crippen LogP contribution in [-0.2, 0) is 0 Å². The zero-order chi connectivity index (χ0) is 15.4. The Balaban J connectivity index is 2.07. The van der Waals surface area contributed by atoms with Gasteiger partial charge in [0.25, 0.3) is 0 Å². The van der Waals surface area contributed by atoms with Crippen molar-refractivity contribution in [2.75, 3.05) is 17.7 Å². The maximum Gasteiger partial charge on any atom is 0.323 e. The molecule has 0 spiro atoms. The number of amides is 2. The summed E-state index contributed by atoms with van der Waals surface area (Å²) in [5.74, 6) is 0.548. The van der Waals surface area contributed by atoms with Crippen LogP contribution in [0.25, 0.3) is 0 Å². The van der Waals surface area contributed by atoms with Crippen LogP contribution in [0.3, 0.4) is 0 Å². The van der Waals surface area contributed by atoms with E-state index in [-0.39, 0.29) is 0 Å². The predicted molar refractivity (Wildman–Crippen MR) is 87.1 cm³/mol. The molecular weight excluding hydrogens is 335 g/mol. The van der Waals surface area contributed by atoms with E-state index >= 15 is 0 Å². The van der Waals surface area contributed by atoms with Gasteiger partial charge < -0.3 is 15.4 Å². The highest BCUT2D eigenvalue weighted by Crippen LogP contribution is 2.26. The second kappa shape index (κ2) is 6.89. The van der Waals surface area contributed by atoms with Gasteiger partial charge in [0, 0.05) is 22.5 Å². The van der Waals surface area contributed by atoms with Gasteiger partial charge in [-0.1, -0.05) is 34.8 Å². The number of hydrogen-bond acceptors (Lipinski definition) is 2. The maximum absolute atomic E-state index is 11.9. The monoisotopic (exact) mass is 344 g/mol. The Morgan fingerprint density at radius 1 is 0.952 bits per heavy atom. The molecule has 110 valence electrons. The van der Waals surface area contributed by atoms with Gasteiger partial charge in [-0.05, 0) is 30.3 Å². The van der Waals surface area contributed by atoms with Crippen LogP contribution in [0, 0.1) is 0 Å². The number of halogens is 3. The second-order valence-electron chi connectivity index (χ2n) is 4.09. The van der Waals surface area contributed by atoms with E-state index in [2.05, 4.69) is 10.6 Å². The Labute approximate surface area is 137 Å². The number of rotatable bonds is 3. The number of hydrogen-bond donors (Lipinski definition) is 2. The molecule has 2 rings (SSSR count). The van der Waals surface area contributed by atoms with E-state index in [1.54, 1.807) is 36.4 Å². The molecule has 0 radical (unpaired) electrons. The summed E-state index contributed by atoms with van der Waals surface area (Å²) in [6.45, 7) is 0. The van der Waals surface area contributed by atoms with Gasteiger partial charge in [-0.15, -0.1) is 0 Å². The lowest BCUT2D eigenvalue weighted by Crippen LogP contribution is -2.19. The first kappa shape index (κ1) is 15.8. The Hall–Kier alpha value is -1.62. The van der Waals surface area contributed by atoms with Gasteiger partial charge in [0.15, 0.2) is 0 Å². The Morgan fingerprint density at radius 2 is 1.67 bits per heavy atom. The summed E-state index contributed by atoms with van der Waals surface area (Å²) in [5, 5.41) is 6.52. The van der Waals surface area contributed by atoms with Gasteiger partial charge in [-0.25, -0.2) is 4.79 Å². The molecule has 0 aliphatic rings. The zero-order valence-corrected chi connectivity index (χ0v) is 13.2. The number of nitrogens with one attached hydrogen (secondary N) is 2. The molecule has 2 aromatic carbocycles. The van der Waals surface area contributed by atoms with Crippen LogP contribution in [0.15, 0.2) is 36.4 Å². The fraction of sp³-hybridized carbons (Fsp3) is 0.0714. The number of benzene rings is 2. The van der Waals surface area contributed by atoms with Gasteiger partial charge in [-0.3, -0.25) is 0 Å². The molecule has 2 N–H and O–H groups in total. The van der Waals surface area contributed by atoms with Crippen molar-refractivity contribution in [1.29, 1.82) is 0 Å². The normalized spacial score (nSPS) is 10.1. The highest BCUT2D eigenvalue weighted by Gasteiger charge is 2.06. The fourth-order valence-electron chi connectivity index (χ4n) is 1.62. The molecular formula is C14H11Cl3N2O2. The van der Waals surface area contributed by atoms with Crippen LogP contribution in [0.4, 0.5) is 16.2 Å². The average Bonchev–Trinajstić information content (AvgIpc) is 2.42. The molecule has 0 bridgehead atoms. The van der Waals surface area contributed by atoms with E-state index in [9.17, 15) is 4.79 Å². The molecule has 7 heteroatoms. The van der Waals surface area contributed by atoms with Crippen molar-refractivity contribution < 1.29 is 9.53 Å². The summed E-state index contributed by atoms with van der Waals surface area (Å²) in [4.78, 5) is 11.9. The minimum Gasteiger partial charge on any atom is -0.497 e. The first-order chi connectivity index (χ1) is 9.97. The quantitative estimate of drug-likeness (QED) is 0.793. The third kappa shape index (κ3) is 4.43. The first-order valence-electron chi connectivity index (χ1n) is 5.85. The fourth-order valence-corrected chi connectivity index (χ4v) is 2.14. The molecule has 0 fully saturated rings. The molecule has 2 aromatic rings. The lowest BCUT2D eigenvalue weighted by Gasteiger charge is -2.10. The van der Waals surface area contributed by atoms with E-state index in [1.165, 1.54) is 7.11 Å². The number of methoxy groups -OCH3 is 1. The minimum atomic E-state index is -0.433. The number of ether oxygens (including phenoxy) is 1. The summed E-state index contributed by atoms with van der Waals surface area (Å²) in [6, 6.07) is 9.27. The lowest BCUT2D eigenvalue weighted by atomic mass is 10.3. The number of carbonyl (C=O) groups excluding carboxylic acids is 1. The Kier molecular flexibility index (Phi) is 5.17. The van der Waals surface area contributed by atoms with Gasteiger partial charge in [0.1, 0.15) is 5.75 Å². The SMILES string of the molecule is COc1cc(Cl)cc(NC(=O)Nc2ccc(Cl)c(Cl)c2)c1. The molecule has 0 aliphatic carbocycles. The number of carbonyl (C=O) groups is 1. The zero-order valence-electron chi connectivity index (χ0n) is 10.9. The summed E-state index contributed by atoms with van der Waals surface area (Å²) in [5.41, 5.74) is 1.04. The second-order valence-corrected chi connectivity index (χ2v) is 5.34. The molecule has 4 nitrogen and oxygen atoms in total. The number of urea groups is 1.